The summed E-state index contributed by atoms with van der Waals surface area (Å²) in [5.41, 5.74) is 1.55. The number of hydrogen-bond donors (Lipinski definition) is 0. The van der Waals surface area contributed by atoms with E-state index in [1.165, 1.54) is 13.2 Å². The molecule has 20 heavy (non-hydrogen) atoms. The van der Waals surface area contributed by atoms with Crippen molar-refractivity contribution in [3.05, 3.63) is 38.4 Å². The van der Waals surface area contributed by atoms with Crippen molar-refractivity contribution in [3.8, 4) is 17.1 Å². The van der Waals surface area contributed by atoms with Crippen LogP contribution in [0, 0.1) is 9.39 Å². The summed E-state index contributed by atoms with van der Waals surface area (Å²) in [7, 11) is 1.42. The number of halogens is 3. The summed E-state index contributed by atoms with van der Waals surface area (Å²) in [6.07, 6.45) is 0. The first-order chi connectivity index (χ1) is 9.43. The molecule has 0 fully saturated rings. The molecule has 3 nitrogen and oxygen atoms in total. The van der Waals surface area contributed by atoms with Gasteiger partial charge in [0, 0.05) is 5.56 Å². The topological polar surface area (TPSA) is 35.0 Å². The lowest BCUT2D eigenvalue weighted by Crippen LogP contribution is -2.02. The second kappa shape index (κ2) is 6.22. The number of aromatic nitrogens is 2. The van der Waals surface area contributed by atoms with E-state index in [9.17, 15) is 4.39 Å². The summed E-state index contributed by atoms with van der Waals surface area (Å²) in [6.45, 7) is 4.08. The molecule has 0 aliphatic heterocycles. The molecule has 0 spiro atoms. The van der Waals surface area contributed by atoms with Gasteiger partial charge in [-0.2, -0.15) is 0 Å². The Kier molecular flexibility index (Phi) is 4.80. The van der Waals surface area contributed by atoms with Crippen LogP contribution >= 0.6 is 34.2 Å². The highest BCUT2D eigenvalue weighted by atomic mass is 127. The lowest BCUT2D eigenvalue weighted by molar-refractivity contribution is 0.386. The van der Waals surface area contributed by atoms with Crippen LogP contribution in [0.2, 0.25) is 5.15 Å². The maximum Gasteiger partial charge on any atom is 0.165 e. The summed E-state index contributed by atoms with van der Waals surface area (Å²) >= 11 is 8.29. The maximum absolute atomic E-state index is 13.4. The highest BCUT2D eigenvalue weighted by molar-refractivity contribution is 14.1. The van der Waals surface area contributed by atoms with Crippen LogP contribution in [0.25, 0.3) is 11.4 Å². The average molecular weight is 407 g/mol. The molecule has 1 aromatic heterocycles. The molecule has 0 saturated heterocycles. The summed E-state index contributed by atoms with van der Waals surface area (Å²) in [5.74, 6) is 0.435. The van der Waals surface area contributed by atoms with Crippen molar-refractivity contribution in [2.24, 2.45) is 0 Å². The second-order valence-electron chi connectivity index (χ2n) is 4.54. The van der Waals surface area contributed by atoms with Crippen molar-refractivity contribution in [2.45, 2.75) is 19.8 Å². The number of benzene rings is 1. The van der Waals surface area contributed by atoms with Crippen molar-refractivity contribution < 1.29 is 9.13 Å². The molecule has 0 aliphatic rings. The molecular weight excluding hydrogens is 394 g/mol. The molecule has 0 amide bonds. The highest BCUT2D eigenvalue weighted by Crippen LogP contribution is 2.30. The quantitative estimate of drug-likeness (QED) is 0.549. The van der Waals surface area contributed by atoms with Crippen molar-refractivity contribution in [2.75, 3.05) is 7.11 Å². The van der Waals surface area contributed by atoms with E-state index in [1.54, 1.807) is 12.1 Å². The van der Waals surface area contributed by atoms with Crippen LogP contribution in [-0.2, 0) is 0 Å². The van der Waals surface area contributed by atoms with Gasteiger partial charge in [0.05, 0.1) is 16.4 Å². The van der Waals surface area contributed by atoms with Crippen LogP contribution in [0.15, 0.2) is 18.2 Å². The van der Waals surface area contributed by atoms with Gasteiger partial charge >= 0.3 is 0 Å². The van der Waals surface area contributed by atoms with Gasteiger partial charge in [0.15, 0.2) is 17.4 Å². The van der Waals surface area contributed by atoms with Crippen molar-refractivity contribution >= 4 is 34.2 Å². The Morgan fingerprint density at radius 3 is 2.60 bits per heavy atom. The third-order valence-corrected chi connectivity index (χ3v) is 4.45. The fraction of sp³-hybridized carbons (Fsp3) is 0.286. The zero-order valence-electron chi connectivity index (χ0n) is 11.2. The van der Waals surface area contributed by atoms with Gasteiger partial charge in [-0.05, 0) is 46.7 Å². The number of nitrogens with zero attached hydrogens (tertiary/aromatic N) is 2. The van der Waals surface area contributed by atoms with E-state index in [-0.39, 0.29) is 11.7 Å². The molecule has 0 radical (unpaired) electrons. The van der Waals surface area contributed by atoms with E-state index in [0.29, 0.717) is 16.5 Å². The Hall–Kier alpha value is -0.950. The number of ether oxygens (including phenoxy) is 1. The minimum absolute atomic E-state index is 0.159. The second-order valence-corrected chi connectivity index (χ2v) is 5.98. The number of rotatable bonds is 3. The summed E-state index contributed by atoms with van der Waals surface area (Å²) in [5, 5.41) is 0.405. The van der Waals surface area contributed by atoms with Gasteiger partial charge in [-0.3, -0.25) is 0 Å². The van der Waals surface area contributed by atoms with Crippen LogP contribution in [0.1, 0.15) is 25.5 Å². The molecule has 2 rings (SSSR count). The van der Waals surface area contributed by atoms with E-state index in [0.717, 1.165) is 9.26 Å². The standard InChI is InChI=1S/C14H13ClFIN2O/c1-7(2)12-11(17)13(15)19-14(18-12)8-4-5-9(16)10(6-8)20-3/h4-7H,1-3H3. The first kappa shape index (κ1) is 15.4. The normalized spacial score (nSPS) is 10.9. The maximum atomic E-state index is 13.4. The predicted molar refractivity (Wildman–Crippen MR) is 85.8 cm³/mol. The molecule has 2 aromatic rings. The van der Waals surface area contributed by atoms with Gasteiger partial charge in [0.25, 0.3) is 0 Å². The average Bonchev–Trinajstić information content (AvgIpc) is 2.42. The summed E-state index contributed by atoms with van der Waals surface area (Å²) in [6, 6.07) is 4.51. The van der Waals surface area contributed by atoms with E-state index >= 15 is 0 Å². The van der Waals surface area contributed by atoms with Gasteiger partial charge in [-0.25, -0.2) is 14.4 Å². The van der Waals surface area contributed by atoms with Gasteiger partial charge in [0.2, 0.25) is 0 Å². The summed E-state index contributed by atoms with van der Waals surface area (Å²) < 4.78 is 19.3. The molecule has 0 bridgehead atoms. The molecular formula is C14H13ClFIN2O. The van der Waals surface area contributed by atoms with Crippen molar-refractivity contribution in [1.29, 1.82) is 0 Å². The molecule has 106 valence electrons. The molecule has 0 unspecified atom stereocenters. The minimum Gasteiger partial charge on any atom is -0.494 e. The number of hydrogen-bond acceptors (Lipinski definition) is 3. The van der Waals surface area contributed by atoms with E-state index in [2.05, 4.69) is 32.6 Å². The fourth-order valence-corrected chi connectivity index (χ4v) is 2.79. The fourth-order valence-electron chi connectivity index (χ4n) is 1.75. The Morgan fingerprint density at radius 2 is 2.00 bits per heavy atom. The van der Waals surface area contributed by atoms with Gasteiger partial charge in [-0.15, -0.1) is 0 Å². The molecule has 0 aliphatic carbocycles. The van der Waals surface area contributed by atoms with Gasteiger partial charge in [0.1, 0.15) is 5.15 Å². The molecule has 0 saturated carbocycles. The lowest BCUT2D eigenvalue weighted by atomic mass is 10.1. The Labute approximate surface area is 135 Å². The molecule has 0 atom stereocenters. The van der Waals surface area contributed by atoms with Crippen molar-refractivity contribution in [3.63, 3.8) is 0 Å². The third kappa shape index (κ3) is 3.03. The number of methoxy groups -OCH3 is 1. The van der Waals surface area contributed by atoms with Gasteiger partial charge < -0.3 is 4.74 Å². The minimum atomic E-state index is -0.419. The van der Waals surface area contributed by atoms with Crippen molar-refractivity contribution in [1.82, 2.24) is 9.97 Å². The molecule has 1 aromatic carbocycles. The van der Waals surface area contributed by atoms with Crippen LogP contribution in [0.5, 0.6) is 5.75 Å². The van der Waals surface area contributed by atoms with Crippen LogP contribution in [0.4, 0.5) is 4.39 Å². The van der Waals surface area contributed by atoms with Crippen LogP contribution < -0.4 is 4.74 Å². The van der Waals surface area contributed by atoms with Gasteiger partial charge in [-0.1, -0.05) is 25.4 Å². The zero-order chi connectivity index (χ0) is 14.9. The molecule has 0 N–H and O–H groups in total. The monoisotopic (exact) mass is 406 g/mol. The Balaban J connectivity index is 2.58. The van der Waals surface area contributed by atoms with E-state index in [1.807, 2.05) is 13.8 Å². The first-order valence-electron chi connectivity index (χ1n) is 6.01. The molecule has 1 heterocycles. The SMILES string of the molecule is COc1cc(-c2nc(Cl)c(I)c(C(C)C)n2)ccc1F. The van der Waals surface area contributed by atoms with E-state index < -0.39 is 5.82 Å². The Bertz CT molecular complexity index is 649. The van der Waals surface area contributed by atoms with Crippen LogP contribution in [0.3, 0.4) is 0 Å². The predicted octanol–water partition coefficient (Wildman–Crippen LogP) is 4.67. The summed E-state index contributed by atoms with van der Waals surface area (Å²) in [4.78, 5) is 8.79. The van der Waals surface area contributed by atoms with Crippen LogP contribution in [-0.4, -0.2) is 17.1 Å². The lowest BCUT2D eigenvalue weighted by Gasteiger charge is -2.11. The first-order valence-corrected chi connectivity index (χ1v) is 7.46. The highest BCUT2D eigenvalue weighted by Gasteiger charge is 2.15. The Morgan fingerprint density at radius 1 is 1.30 bits per heavy atom. The largest absolute Gasteiger partial charge is 0.494 e. The third-order valence-electron chi connectivity index (χ3n) is 2.79. The molecule has 6 heteroatoms. The smallest absolute Gasteiger partial charge is 0.165 e. The zero-order valence-corrected chi connectivity index (χ0v) is 14.2. The van der Waals surface area contributed by atoms with E-state index in [4.69, 9.17) is 16.3 Å².